The molecule has 100 valence electrons. The second kappa shape index (κ2) is 5.82. The molecule has 0 unspecified atom stereocenters. The predicted molar refractivity (Wildman–Crippen MR) is 71.6 cm³/mol. The van der Waals surface area contributed by atoms with Crippen molar-refractivity contribution in [2.45, 2.75) is 39.7 Å². The minimum absolute atomic E-state index is 0.00992. The molecule has 0 aliphatic rings. The van der Waals surface area contributed by atoms with Crippen molar-refractivity contribution in [3.05, 3.63) is 17.8 Å². The van der Waals surface area contributed by atoms with Crippen molar-refractivity contribution in [2.75, 3.05) is 11.9 Å². The molecule has 0 bridgehead atoms. The number of rotatable bonds is 4. The molecule has 1 aromatic rings. The van der Waals surface area contributed by atoms with E-state index in [1.54, 1.807) is 13.0 Å². The summed E-state index contributed by atoms with van der Waals surface area (Å²) >= 11 is 0. The van der Waals surface area contributed by atoms with Gasteiger partial charge >= 0.3 is 0 Å². The van der Waals surface area contributed by atoms with Crippen molar-refractivity contribution >= 4 is 11.7 Å². The third-order valence-electron chi connectivity index (χ3n) is 2.28. The summed E-state index contributed by atoms with van der Waals surface area (Å²) in [6.45, 7) is 8.51. The first-order chi connectivity index (χ1) is 8.28. The topological polar surface area (TPSA) is 74.2 Å². The van der Waals surface area contributed by atoms with Crippen LogP contribution in [0.1, 0.15) is 32.9 Å². The molecule has 0 aliphatic carbocycles. The Balaban J connectivity index is 2.47. The Morgan fingerprint density at radius 1 is 1.39 bits per heavy atom. The van der Waals surface area contributed by atoms with Crippen molar-refractivity contribution in [3.8, 4) is 5.75 Å². The first-order valence-electron chi connectivity index (χ1n) is 5.99. The van der Waals surface area contributed by atoms with E-state index in [0.717, 1.165) is 5.69 Å². The fourth-order valence-corrected chi connectivity index (χ4v) is 1.39. The van der Waals surface area contributed by atoms with Crippen molar-refractivity contribution in [1.29, 1.82) is 0 Å². The molecule has 5 heteroatoms. The van der Waals surface area contributed by atoms with Crippen LogP contribution in [0.5, 0.6) is 5.75 Å². The van der Waals surface area contributed by atoms with E-state index in [9.17, 15) is 9.90 Å². The quantitative estimate of drug-likeness (QED) is 0.763. The van der Waals surface area contributed by atoms with Crippen LogP contribution < -0.4 is 10.6 Å². The predicted octanol–water partition coefficient (Wildman–Crippen LogP) is 1.81. The highest BCUT2D eigenvalue weighted by Gasteiger charge is 2.11. The van der Waals surface area contributed by atoms with Crippen LogP contribution in [0.4, 0.5) is 5.82 Å². The average Bonchev–Trinajstić information content (AvgIpc) is 2.21. The summed E-state index contributed by atoms with van der Waals surface area (Å²) in [5.74, 6) is 0.0358. The van der Waals surface area contributed by atoms with Gasteiger partial charge in [0.25, 0.3) is 0 Å². The van der Waals surface area contributed by atoms with Crippen molar-refractivity contribution in [2.24, 2.45) is 0 Å². The van der Waals surface area contributed by atoms with Crippen LogP contribution in [0.15, 0.2) is 12.1 Å². The van der Waals surface area contributed by atoms with Gasteiger partial charge in [0, 0.05) is 24.2 Å². The number of aromatic hydroxyl groups is 1. The lowest BCUT2D eigenvalue weighted by Gasteiger charge is -2.20. The van der Waals surface area contributed by atoms with Crippen LogP contribution in [0.3, 0.4) is 0 Å². The zero-order valence-corrected chi connectivity index (χ0v) is 11.4. The third kappa shape index (κ3) is 5.14. The van der Waals surface area contributed by atoms with E-state index in [4.69, 9.17) is 0 Å². The van der Waals surface area contributed by atoms with E-state index >= 15 is 0 Å². The summed E-state index contributed by atoms with van der Waals surface area (Å²) in [4.78, 5) is 15.7. The number of amides is 1. The number of hydrogen-bond donors (Lipinski definition) is 3. The molecule has 5 nitrogen and oxygen atoms in total. The highest BCUT2D eigenvalue weighted by molar-refractivity contribution is 5.91. The van der Waals surface area contributed by atoms with Gasteiger partial charge in [-0.15, -0.1) is 0 Å². The number of aryl methyl sites for hydroxylation is 1. The molecule has 1 amide bonds. The van der Waals surface area contributed by atoms with Gasteiger partial charge in [0.2, 0.25) is 5.91 Å². The highest BCUT2D eigenvalue weighted by Crippen LogP contribution is 2.20. The average molecular weight is 251 g/mol. The first kappa shape index (κ1) is 14.4. The minimum Gasteiger partial charge on any atom is -0.504 e. The van der Waals surface area contributed by atoms with Crippen molar-refractivity contribution in [3.63, 3.8) is 0 Å². The van der Waals surface area contributed by atoms with Crippen LogP contribution in [0, 0.1) is 6.92 Å². The number of hydrogen-bond acceptors (Lipinski definition) is 4. The van der Waals surface area contributed by atoms with Gasteiger partial charge in [-0.25, -0.2) is 4.98 Å². The maximum absolute atomic E-state index is 11.7. The van der Waals surface area contributed by atoms with E-state index in [0.29, 0.717) is 13.0 Å². The second-order valence-electron chi connectivity index (χ2n) is 5.30. The van der Waals surface area contributed by atoms with Gasteiger partial charge in [-0.3, -0.25) is 4.79 Å². The lowest BCUT2D eigenvalue weighted by Crippen LogP contribution is -2.37. The van der Waals surface area contributed by atoms with Crippen LogP contribution >= 0.6 is 0 Å². The summed E-state index contributed by atoms with van der Waals surface area (Å²) in [6.07, 6.45) is 0.340. The Morgan fingerprint density at radius 2 is 2.06 bits per heavy atom. The summed E-state index contributed by atoms with van der Waals surface area (Å²) in [5.41, 5.74) is 0.736. The molecule has 0 aliphatic heterocycles. The van der Waals surface area contributed by atoms with Gasteiger partial charge < -0.3 is 15.7 Å². The Morgan fingerprint density at radius 3 is 2.67 bits per heavy atom. The third-order valence-corrected chi connectivity index (χ3v) is 2.28. The molecule has 0 aromatic carbocycles. The fourth-order valence-electron chi connectivity index (χ4n) is 1.39. The first-order valence-corrected chi connectivity index (χ1v) is 5.99. The van der Waals surface area contributed by atoms with Gasteiger partial charge in [-0.05, 0) is 39.8 Å². The van der Waals surface area contributed by atoms with E-state index in [1.165, 1.54) is 6.07 Å². The van der Waals surface area contributed by atoms with Gasteiger partial charge in [-0.2, -0.15) is 0 Å². The molecule has 1 aromatic heterocycles. The number of carbonyl (C=O) groups is 1. The summed E-state index contributed by atoms with van der Waals surface area (Å²) in [7, 11) is 0. The summed E-state index contributed by atoms with van der Waals surface area (Å²) in [6, 6.07) is 3.21. The van der Waals surface area contributed by atoms with Crippen LogP contribution in [0.25, 0.3) is 0 Å². The Kier molecular flexibility index (Phi) is 4.67. The van der Waals surface area contributed by atoms with Crippen LogP contribution in [-0.2, 0) is 4.79 Å². The molecule has 1 heterocycles. The Hall–Kier alpha value is -1.62. The lowest BCUT2D eigenvalue weighted by molar-refractivity contribution is -0.116. The molecule has 18 heavy (non-hydrogen) atoms. The van der Waals surface area contributed by atoms with Crippen molar-refractivity contribution in [1.82, 2.24) is 10.3 Å². The zero-order chi connectivity index (χ0) is 13.8. The fraction of sp³-hybridized carbons (Fsp3) is 0.538. The molecule has 3 N–H and O–H groups in total. The molecule has 0 spiro atoms. The highest BCUT2D eigenvalue weighted by atomic mass is 16.3. The minimum atomic E-state index is -0.167. The number of anilines is 1. The van der Waals surface area contributed by atoms with E-state index in [1.807, 2.05) is 20.8 Å². The number of aromatic nitrogens is 1. The number of nitrogens with one attached hydrogen (secondary N) is 2. The zero-order valence-electron chi connectivity index (χ0n) is 11.4. The smallest absolute Gasteiger partial charge is 0.226 e. The molecule has 0 atom stereocenters. The summed E-state index contributed by atoms with van der Waals surface area (Å²) in [5, 5.41) is 15.4. The van der Waals surface area contributed by atoms with E-state index in [-0.39, 0.29) is 23.0 Å². The van der Waals surface area contributed by atoms with Gasteiger partial charge in [0.1, 0.15) is 0 Å². The second-order valence-corrected chi connectivity index (χ2v) is 5.30. The maximum Gasteiger partial charge on any atom is 0.226 e. The Bertz CT molecular complexity index is 425. The van der Waals surface area contributed by atoms with Gasteiger partial charge in [0.15, 0.2) is 11.6 Å². The number of carbonyl (C=O) groups excluding carboxylic acids is 1. The Labute approximate surface area is 108 Å². The number of nitrogens with zero attached hydrogens (tertiary/aromatic N) is 1. The lowest BCUT2D eigenvalue weighted by atomic mass is 10.1. The number of pyridine rings is 1. The standard InChI is InChI=1S/C13H21N3O2/c1-9-5-6-10(17)12(15-9)16-11(18)7-8-14-13(2,3)4/h5-6,14,17H,7-8H2,1-4H3,(H,15,16,18). The molecule has 0 saturated heterocycles. The molecule has 0 saturated carbocycles. The van der Waals surface area contributed by atoms with Crippen LogP contribution in [-0.4, -0.2) is 28.1 Å². The molecular formula is C13H21N3O2. The summed E-state index contributed by atoms with van der Waals surface area (Å²) < 4.78 is 0. The van der Waals surface area contributed by atoms with Gasteiger partial charge in [-0.1, -0.05) is 0 Å². The van der Waals surface area contributed by atoms with E-state index < -0.39 is 0 Å². The van der Waals surface area contributed by atoms with E-state index in [2.05, 4.69) is 15.6 Å². The largest absolute Gasteiger partial charge is 0.504 e. The van der Waals surface area contributed by atoms with Gasteiger partial charge in [0.05, 0.1) is 0 Å². The molecular weight excluding hydrogens is 230 g/mol. The molecule has 0 radical (unpaired) electrons. The normalized spacial score (nSPS) is 11.3. The molecule has 1 rings (SSSR count). The maximum atomic E-state index is 11.7. The monoisotopic (exact) mass is 251 g/mol. The van der Waals surface area contributed by atoms with Crippen molar-refractivity contribution < 1.29 is 9.90 Å². The van der Waals surface area contributed by atoms with Crippen LogP contribution in [0.2, 0.25) is 0 Å². The SMILES string of the molecule is Cc1ccc(O)c(NC(=O)CCNC(C)(C)C)n1. The molecule has 0 fully saturated rings.